The van der Waals surface area contributed by atoms with E-state index in [0.29, 0.717) is 41.9 Å². The lowest BCUT2D eigenvalue weighted by Crippen LogP contribution is -2.20. The molecule has 0 saturated carbocycles. The molecule has 15 nitrogen and oxygen atoms in total. The molecule has 0 radical (unpaired) electrons. The molecule has 6 heterocycles. The Labute approximate surface area is 311 Å². The minimum Gasteiger partial charge on any atom is -0.370 e. The van der Waals surface area contributed by atoms with E-state index in [-0.39, 0.29) is 0 Å². The predicted molar refractivity (Wildman–Crippen MR) is 207 cm³/mol. The molecule has 0 aliphatic heterocycles. The fourth-order valence-electron chi connectivity index (χ4n) is 4.81. The van der Waals surface area contributed by atoms with Crippen molar-refractivity contribution >= 4 is 47.1 Å². The third kappa shape index (κ3) is 10.6. The average molecular weight is 736 g/mol. The van der Waals surface area contributed by atoms with Crippen molar-refractivity contribution in [1.82, 2.24) is 54.6 Å². The van der Waals surface area contributed by atoms with Crippen LogP contribution in [0.5, 0.6) is 0 Å². The van der Waals surface area contributed by atoms with Gasteiger partial charge in [0.15, 0.2) is 11.6 Å². The smallest absolute Gasteiger partial charge is 0.222 e. The van der Waals surface area contributed by atoms with Crippen LogP contribution >= 0.6 is 23.5 Å². The summed E-state index contributed by atoms with van der Waals surface area (Å²) in [5.41, 5.74) is 2.68. The molecular weight excluding hydrogens is 695 g/mol. The summed E-state index contributed by atoms with van der Waals surface area (Å²) in [6.45, 7) is 7.27. The van der Waals surface area contributed by atoms with Crippen LogP contribution in [0.25, 0.3) is 22.8 Å². The summed E-state index contributed by atoms with van der Waals surface area (Å²) in [5.74, 6) is 5.56. The van der Waals surface area contributed by atoms with Crippen molar-refractivity contribution in [3.05, 3.63) is 85.7 Å². The second-order valence-corrected chi connectivity index (χ2v) is 14.1. The summed E-state index contributed by atoms with van der Waals surface area (Å²) in [4.78, 5) is 38.0. The van der Waals surface area contributed by atoms with E-state index in [2.05, 4.69) is 80.2 Å². The summed E-state index contributed by atoms with van der Waals surface area (Å²) >= 11 is 3.25. The van der Waals surface area contributed by atoms with Crippen molar-refractivity contribution in [3.63, 3.8) is 0 Å². The van der Waals surface area contributed by atoms with Gasteiger partial charge in [0.1, 0.15) is 18.0 Å². The molecule has 0 saturated heterocycles. The summed E-state index contributed by atoms with van der Waals surface area (Å²) < 4.78 is 1.86. The van der Waals surface area contributed by atoms with Crippen LogP contribution in [0.1, 0.15) is 19.5 Å². The van der Waals surface area contributed by atoms with Gasteiger partial charge in [-0.05, 0) is 48.4 Å². The Bertz CT molecular complexity index is 1970. The van der Waals surface area contributed by atoms with Crippen molar-refractivity contribution < 1.29 is 0 Å². The highest BCUT2D eigenvalue weighted by Crippen LogP contribution is 2.23. The molecule has 2 unspecified atom stereocenters. The van der Waals surface area contributed by atoms with Crippen LogP contribution in [0, 0.1) is 11.8 Å². The standard InChI is InChI=1S/C35H41N15S2/c1-23(13-41-34-43-17-28(51-4)18-44-34)11-37-30-7-5-25(15-39-30)32-36-10-9-27(48-32)21-52-29-19-45-35(46-20-29)42-14-24(2)12-38-31-8-6-26(16-40-31)33-49-47-22-50(33)3/h5-10,15-20,22-24H,11-14,21H2,1-4H3,(H,37,39)(H,38,40)(H,41,43,44)(H,42,45,46). The number of nitrogens with zero attached hydrogens (tertiary/aromatic N) is 11. The van der Waals surface area contributed by atoms with Crippen molar-refractivity contribution in [3.8, 4) is 22.8 Å². The first-order valence-corrected chi connectivity index (χ1v) is 19.0. The average Bonchev–Trinajstić information content (AvgIpc) is 3.63. The van der Waals surface area contributed by atoms with Gasteiger partial charge in [-0.15, -0.1) is 33.7 Å². The van der Waals surface area contributed by atoms with Gasteiger partial charge in [0.25, 0.3) is 0 Å². The van der Waals surface area contributed by atoms with Crippen molar-refractivity contribution in [2.75, 3.05) is 53.7 Å². The second-order valence-electron chi connectivity index (χ2n) is 12.2. The third-order valence-electron chi connectivity index (χ3n) is 7.83. The van der Waals surface area contributed by atoms with E-state index >= 15 is 0 Å². The monoisotopic (exact) mass is 735 g/mol. The summed E-state index contributed by atoms with van der Waals surface area (Å²) in [5, 5.41) is 21.4. The number of hydrogen-bond acceptors (Lipinski definition) is 16. The third-order valence-corrected chi connectivity index (χ3v) is 9.49. The maximum atomic E-state index is 4.77. The number of hydrogen-bond donors (Lipinski definition) is 4. The van der Waals surface area contributed by atoms with Gasteiger partial charge in [0.2, 0.25) is 11.9 Å². The number of aryl methyl sites for hydroxylation is 1. The van der Waals surface area contributed by atoms with Crippen LogP contribution in [0.3, 0.4) is 0 Å². The molecule has 0 bridgehead atoms. The maximum Gasteiger partial charge on any atom is 0.222 e. The Morgan fingerprint density at radius 1 is 0.654 bits per heavy atom. The topological polar surface area (TPSA) is 182 Å². The molecule has 2 atom stereocenters. The molecular formula is C35H41N15S2. The van der Waals surface area contributed by atoms with Crippen molar-refractivity contribution in [1.29, 1.82) is 0 Å². The first-order chi connectivity index (χ1) is 25.4. The highest BCUT2D eigenvalue weighted by molar-refractivity contribution is 7.98. The van der Waals surface area contributed by atoms with E-state index in [0.717, 1.165) is 63.7 Å². The molecule has 0 aliphatic carbocycles. The molecule has 52 heavy (non-hydrogen) atoms. The SMILES string of the molecule is CSc1cnc(NCC(C)CNc2ccc(-c3nccc(CSc4cnc(NCC(C)CNc5ccc(-c6nncn6C)cn5)nc4)n3)cn2)nc1. The Morgan fingerprint density at radius 3 is 1.77 bits per heavy atom. The first kappa shape index (κ1) is 36.4. The van der Waals surface area contributed by atoms with E-state index in [1.807, 2.05) is 73.0 Å². The molecule has 0 fully saturated rings. The molecule has 0 spiro atoms. The number of thioether (sulfide) groups is 2. The van der Waals surface area contributed by atoms with Crippen LogP contribution in [-0.2, 0) is 12.8 Å². The quantitative estimate of drug-likeness (QED) is 0.0795. The zero-order valence-corrected chi connectivity index (χ0v) is 31.1. The first-order valence-electron chi connectivity index (χ1n) is 16.8. The number of anilines is 4. The highest BCUT2D eigenvalue weighted by Gasteiger charge is 2.10. The summed E-state index contributed by atoms with van der Waals surface area (Å²) in [6, 6.07) is 9.79. The summed E-state index contributed by atoms with van der Waals surface area (Å²) in [6.07, 6.45) is 16.4. The van der Waals surface area contributed by atoms with Gasteiger partial charge in [-0.25, -0.2) is 39.9 Å². The van der Waals surface area contributed by atoms with Gasteiger partial charge in [0.05, 0.1) is 5.69 Å². The van der Waals surface area contributed by atoms with Gasteiger partial charge >= 0.3 is 0 Å². The van der Waals surface area contributed by atoms with Crippen LogP contribution in [0.4, 0.5) is 23.5 Å². The van der Waals surface area contributed by atoms with Crippen LogP contribution in [0.15, 0.2) is 89.8 Å². The Kier molecular flexibility index (Phi) is 12.7. The molecule has 0 amide bonds. The zero-order chi connectivity index (χ0) is 36.1. The molecule has 6 aromatic rings. The van der Waals surface area contributed by atoms with Gasteiger partial charge in [-0.1, -0.05) is 13.8 Å². The van der Waals surface area contributed by atoms with Crippen molar-refractivity contribution in [2.45, 2.75) is 29.4 Å². The molecule has 268 valence electrons. The molecule has 0 aliphatic rings. The van der Waals surface area contributed by atoms with Gasteiger partial charge in [0, 0.05) is 103 Å². The number of rotatable bonds is 18. The van der Waals surface area contributed by atoms with Crippen LogP contribution in [-0.4, -0.2) is 87.1 Å². The number of pyridine rings is 2. The molecule has 4 N–H and O–H groups in total. The lowest BCUT2D eigenvalue weighted by atomic mass is 10.2. The van der Waals surface area contributed by atoms with E-state index in [1.54, 1.807) is 48.4 Å². The minimum absolute atomic E-state index is 0.314. The Morgan fingerprint density at radius 2 is 1.23 bits per heavy atom. The van der Waals surface area contributed by atoms with Crippen LogP contribution < -0.4 is 21.3 Å². The van der Waals surface area contributed by atoms with Gasteiger partial charge in [-0.2, -0.15) is 0 Å². The maximum absolute atomic E-state index is 4.77. The molecule has 0 aromatic carbocycles. The zero-order valence-electron chi connectivity index (χ0n) is 29.4. The Balaban J connectivity index is 0.900. The van der Waals surface area contributed by atoms with E-state index in [4.69, 9.17) is 4.98 Å². The summed E-state index contributed by atoms with van der Waals surface area (Å²) in [7, 11) is 1.91. The number of nitrogens with one attached hydrogen (secondary N) is 4. The number of aromatic nitrogens is 11. The molecule has 17 heteroatoms. The molecule has 6 aromatic heterocycles. The minimum atomic E-state index is 0.314. The lowest BCUT2D eigenvalue weighted by Gasteiger charge is -2.14. The van der Waals surface area contributed by atoms with Gasteiger partial charge in [-0.3, -0.25) is 0 Å². The predicted octanol–water partition coefficient (Wildman–Crippen LogP) is 5.64. The van der Waals surface area contributed by atoms with E-state index in [1.165, 1.54) is 0 Å². The van der Waals surface area contributed by atoms with Crippen LogP contribution in [0.2, 0.25) is 0 Å². The molecule has 6 rings (SSSR count). The van der Waals surface area contributed by atoms with Gasteiger partial charge < -0.3 is 25.8 Å². The highest BCUT2D eigenvalue weighted by atomic mass is 32.2. The van der Waals surface area contributed by atoms with Crippen molar-refractivity contribution in [2.24, 2.45) is 18.9 Å². The fraction of sp³-hybridized carbons (Fsp3) is 0.314. The van der Waals surface area contributed by atoms with E-state index in [9.17, 15) is 0 Å². The second kappa shape index (κ2) is 18.2. The lowest BCUT2D eigenvalue weighted by molar-refractivity contribution is 0.644. The normalized spacial score (nSPS) is 12.2. The fourth-order valence-corrected chi connectivity index (χ4v) is 5.85. The largest absolute Gasteiger partial charge is 0.370 e. The Hall–Kier alpha value is -5.42. The van der Waals surface area contributed by atoms with E-state index < -0.39 is 0 Å².